The summed E-state index contributed by atoms with van der Waals surface area (Å²) in [4.78, 5) is 20.9. The van der Waals surface area contributed by atoms with Gasteiger partial charge in [0.25, 0.3) is 0 Å². The van der Waals surface area contributed by atoms with Crippen molar-refractivity contribution in [1.29, 1.82) is 0 Å². The van der Waals surface area contributed by atoms with Crippen molar-refractivity contribution in [3.8, 4) is 0 Å². The number of carbonyl (C=O) groups is 1. The third-order valence-corrected chi connectivity index (χ3v) is 5.84. The van der Waals surface area contributed by atoms with Gasteiger partial charge in [-0.3, -0.25) is 9.78 Å². The monoisotopic (exact) mass is 481 g/mol. The smallest absolute Gasteiger partial charge is 0.239 e. The number of carbonyl (C=O) groups excluding carboxylic acids is 1. The summed E-state index contributed by atoms with van der Waals surface area (Å²) in [6.07, 6.45) is 4.04. The highest BCUT2D eigenvalue weighted by Crippen LogP contribution is 2.30. The minimum atomic E-state index is -0.565. The van der Waals surface area contributed by atoms with E-state index in [1.807, 2.05) is 29.2 Å². The zero-order chi connectivity index (χ0) is 18.7. The van der Waals surface area contributed by atoms with Gasteiger partial charge in [-0.05, 0) is 68.1 Å². The lowest BCUT2D eigenvalue weighted by atomic mass is 10.0. The fourth-order valence-electron chi connectivity index (χ4n) is 3.07. The van der Waals surface area contributed by atoms with Gasteiger partial charge in [0.1, 0.15) is 0 Å². The maximum absolute atomic E-state index is 12.7. The zero-order valence-corrected chi connectivity index (χ0v) is 17.4. The number of benzene rings is 1. The fourth-order valence-corrected chi connectivity index (χ4v) is 4.35. The maximum Gasteiger partial charge on any atom is 0.239 e. The highest BCUT2D eigenvalue weighted by atomic mass is 79.9. The number of rotatable bonds is 4. The van der Waals surface area contributed by atoms with Crippen LogP contribution >= 0.6 is 31.9 Å². The molecule has 1 aromatic heterocycles. The van der Waals surface area contributed by atoms with Crippen molar-refractivity contribution in [2.75, 3.05) is 36.8 Å². The molecule has 138 valence electrons. The second-order valence-corrected chi connectivity index (χ2v) is 8.01. The van der Waals surface area contributed by atoms with E-state index in [4.69, 9.17) is 11.5 Å². The van der Waals surface area contributed by atoms with Crippen LogP contribution in [0.15, 0.2) is 45.6 Å². The van der Waals surface area contributed by atoms with Crippen LogP contribution in [0.2, 0.25) is 0 Å². The molecular formula is C18H21Br2N5O. The number of nitrogens with two attached hydrogens (primary N) is 2. The Balaban J connectivity index is 1.58. The topological polar surface area (TPSA) is 88.5 Å². The highest BCUT2D eigenvalue weighted by molar-refractivity contribution is 9.11. The number of aromatic nitrogens is 1. The van der Waals surface area contributed by atoms with Gasteiger partial charge < -0.3 is 21.3 Å². The van der Waals surface area contributed by atoms with Gasteiger partial charge in [0.2, 0.25) is 5.91 Å². The summed E-state index contributed by atoms with van der Waals surface area (Å²) in [6.45, 7) is 2.93. The molecule has 0 aliphatic carbocycles. The van der Waals surface area contributed by atoms with E-state index >= 15 is 0 Å². The van der Waals surface area contributed by atoms with Crippen molar-refractivity contribution in [3.05, 3.63) is 51.2 Å². The molecule has 8 heteroatoms. The molecule has 1 saturated heterocycles. The Morgan fingerprint density at radius 2 is 1.69 bits per heavy atom. The second kappa shape index (κ2) is 8.37. The Kier molecular flexibility index (Phi) is 6.16. The average molecular weight is 483 g/mol. The normalized spacial score (nSPS) is 15.8. The van der Waals surface area contributed by atoms with E-state index in [1.165, 1.54) is 0 Å². The van der Waals surface area contributed by atoms with Crippen LogP contribution < -0.4 is 16.4 Å². The van der Waals surface area contributed by atoms with Gasteiger partial charge in [-0.15, -0.1) is 0 Å². The van der Waals surface area contributed by atoms with Crippen LogP contribution in [0, 0.1) is 0 Å². The molecule has 2 aromatic rings. The number of nitrogens with zero attached hydrogens (tertiary/aromatic N) is 3. The van der Waals surface area contributed by atoms with E-state index in [-0.39, 0.29) is 5.91 Å². The molecule has 1 aromatic carbocycles. The summed E-state index contributed by atoms with van der Waals surface area (Å²) in [5, 5.41) is 0. The van der Waals surface area contributed by atoms with Gasteiger partial charge in [0, 0.05) is 53.2 Å². The van der Waals surface area contributed by atoms with E-state index in [1.54, 1.807) is 12.4 Å². The first-order valence-electron chi connectivity index (χ1n) is 8.38. The molecule has 1 aliphatic rings. The molecule has 0 bridgehead atoms. The number of anilines is 2. The first-order chi connectivity index (χ1) is 12.5. The van der Waals surface area contributed by atoms with Gasteiger partial charge in [-0.1, -0.05) is 0 Å². The van der Waals surface area contributed by atoms with E-state index in [9.17, 15) is 4.79 Å². The van der Waals surface area contributed by atoms with E-state index in [2.05, 4.69) is 41.7 Å². The minimum absolute atomic E-state index is 0.0107. The number of nitrogen functional groups attached to an aromatic ring is 1. The summed E-state index contributed by atoms with van der Waals surface area (Å²) < 4.78 is 1.60. The van der Waals surface area contributed by atoms with Crippen LogP contribution in [-0.2, 0) is 11.2 Å². The molecule has 2 heterocycles. The standard InChI is InChI=1S/C18H21Br2N5O/c19-14-9-12(10-15(20)17(14)22)11-16(21)18(26)25-7-5-24(6-8-25)13-1-3-23-4-2-13/h1-4,9-10,16H,5-8,11,21-22H2/t16-/m0/s1. The van der Waals surface area contributed by atoms with Crippen molar-refractivity contribution in [3.63, 3.8) is 0 Å². The van der Waals surface area contributed by atoms with Gasteiger partial charge >= 0.3 is 0 Å². The molecule has 1 amide bonds. The largest absolute Gasteiger partial charge is 0.397 e. The second-order valence-electron chi connectivity index (χ2n) is 6.30. The summed E-state index contributed by atoms with van der Waals surface area (Å²) >= 11 is 6.86. The number of hydrogen-bond donors (Lipinski definition) is 2. The lowest BCUT2D eigenvalue weighted by Gasteiger charge is -2.37. The lowest BCUT2D eigenvalue weighted by molar-refractivity contribution is -0.132. The zero-order valence-electron chi connectivity index (χ0n) is 14.2. The lowest BCUT2D eigenvalue weighted by Crippen LogP contribution is -2.53. The molecule has 0 spiro atoms. The Labute approximate surface area is 169 Å². The summed E-state index contributed by atoms with van der Waals surface area (Å²) in [5.41, 5.74) is 14.8. The van der Waals surface area contributed by atoms with Crippen molar-refractivity contribution in [1.82, 2.24) is 9.88 Å². The Morgan fingerprint density at radius 1 is 1.12 bits per heavy atom. The van der Waals surface area contributed by atoms with Crippen LogP contribution in [0.5, 0.6) is 0 Å². The molecule has 1 aliphatic heterocycles. The number of piperazine rings is 1. The highest BCUT2D eigenvalue weighted by Gasteiger charge is 2.25. The summed E-state index contributed by atoms with van der Waals surface area (Å²) in [7, 11) is 0. The van der Waals surface area contributed by atoms with E-state index < -0.39 is 6.04 Å². The fraction of sp³-hybridized carbons (Fsp3) is 0.333. The Morgan fingerprint density at radius 3 is 2.27 bits per heavy atom. The molecule has 1 fully saturated rings. The SMILES string of the molecule is Nc1c(Br)cc(C[C@H](N)C(=O)N2CCN(c3ccncc3)CC2)cc1Br. The van der Waals surface area contributed by atoms with Crippen LogP contribution in [-0.4, -0.2) is 48.0 Å². The predicted molar refractivity (Wildman–Crippen MR) is 111 cm³/mol. The molecule has 0 radical (unpaired) electrons. The molecule has 0 saturated carbocycles. The third-order valence-electron chi connectivity index (χ3n) is 4.53. The van der Waals surface area contributed by atoms with Gasteiger partial charge in [-0.2, -0.15) is 0 Å². The average Bonchev–Trinajstić information content (AvgIpc) is 2.66. The molecule has 3 rings (SSSR count). The number of halogens is 2. The third kappa shape index (κ3) is 4.36. The van der Waals surface area contributed by atoms with Crippen molar-refractivity contribution < 1.29 is 4.79 Å². The number of pyridine rings is 1. The van der Waals surface area contributed by atoms with Crippen LogP contribution in [0.25, 0.3) is 0 Å². The first-order valence-corrected chi connectivity index (χ1v) is 9.97. The molecule has 4 N–H and O–H groups in total. The number of hydrogen-bond acceptors (Lipinski definition) is 5. The first kappa shape index (κ1) is 19.1. The van der Waals surface area contributed by atoms with Crippen LogP contribution in [0.3, 0.4) is 0 Å². The van der Waals surface area contributed by atoms with E-state index in [0.29, 0.717) is 25.2 Å². The van der Waals surface area contributed by atoms with Gasteiger partial charge in [-0.25, -0.2) is 0 Å². The molecule has 1 atom stereocenters. The van der Waals surface area contributed by atoms with Crippen molar-refractivity contribution in [2.45, 2.75) is 12.5 Å². The summed E-state index contributed by atoms with van der Waals surface area (Å²) in [5.74, 6) is -0.0107. The molecule has 0 unspecified atom stereocenters. The number of amides is 1. The quantitative estimate of drug-likeness (QED) is 0.653. The Bertz CT molecular complexity index is 755. The van der Waals surface area contributed by atoms with Crippen molar-refractivity contribution in [2.24, 2.45) is 5.73 Å². The molecule has 6 nitrogen and oxygen atoms in total. The maximum atomic E-state index is 12.7. The van der Waals surface area contributed by atoms with Crippen LogP contribution in [0.4, 0.5) is 11.4 Å². The summed E-state index contributed by atoms with van der Waals surface area (Å²) in [6, 6.07) is 7.23. The van der Waals surface area contributed by atoms with Gasteiger partial charge in [0.15, 0.2) is 0 Å². The van der Waals surface area contributed by atoms with Gasteiger partial charge in [0.05, 0.1) is 11.7 Å². The minimum Gasteiger partial charge on any atom is -0.397 e. The predicted octanol–water partition coefficient (Wildman–Crippen LogP) is 2.41. The van der Waals surface area contributed by atoms with Crippen LogP contribution in [0.1, 0.15) is 5.56 Å². The van der Waals surface area contributed by atoms with E-state index in [0.717, 1.165) is 33.3 Å². The van der Waals surface area contributed by atoms with Crippen molar-refractivity contribution >= 4 is 49.1 Å². The molecule has 26 heavy (non-hydrogen) atoms. The Hall–Kier alpha value is -1.64. The molecular weight excluding hydrogens is 462 g/mol.